The van der Waals surface area contributed by atoms with Gasteiger partial charge in [0.25, 0.3) is 0 Å². The van der Waals surface area contributed by atoms with E-state index in [4.69, 9.17) is 4.74 Å². The standard InChI is InChI=1S/C13H23NO3/c1-13(2,3)17-12(16)14-8-9-6-4-5-7-10(9)11(14)15/h9-11,15H,4-8H2,1-3H3. The van der Waals surface area contributed by atoms with Crippen molar-refractivity contribution in [1.82, 2.24) is 4.90 Å². The maximum atomic E-state index is 12.0. The van der Waals surface area contributed by atoms with Crippen molar-refractivity contribution in [1.29, 1.82) is 0 Å². The van der Waals surface area contributed by atoms with Crippen molar-refractivity contribution in [2.75, 3.05) is 6.54 Å². The monoisotopic (exact) mass is 241 g/mol. The number of carbonyl (C=O) groups excluding carboxylic acids is 1. The fourth-order valence-corrected chi connectivity index (χ4v) is 2.95. The van der Waals surface area contributed by atoms with Crippen molar-refractivity contribution < 1.29 is 14.6 Å². The van der Waals surface area contributed by atoms with E-state index in [9.17, 15) is 9.90 Å². The Balaban J connectivity index is 2.00. The lowest BCUT2D eigenvalue weighted by Gasteiger charge is -2.28. The maximum absolute atomic E-state index is 12.0. The third-order valence-electron chi connectivity index (χ3n) is 3.73. The van der Waals surface area contributed by atoms with Crippen LogP contribution in [0.5, 0.6) is 0 Å². The summed E-state index contributed by atoms with van der Waals surface area (Å²) in [5, 5.41) is 10.2. The van der Waals surface area contributed by atoms with E-state index in [2.05, 4.69) is 0 Å². The van der Waals surface area contributed by atoms with Gasteiger partial charge in [0, 0.05) is 12.5 Å². The van der Waals surface area contributed by atoms with Gasteiger partial charge < -0.3 is 9.84 Å². The number of nitrogens with zero attached hydrogens (tertiary/aromatic N) is 1. The summed E-state index contributed by atoms with van der Waals surface area (Å²) in [5.74, 6) is 0.725. The van der Waals surface area contributed by atoms with Crippen LogP contribution in [0.3, 0.4) is 0 Å². The van der Waals surface area contributed by atoms with Gasteiger partial charge in [-0.3, -0.25) is 4.90 Å². The molecule has 4 heteroatoms. The Bertz CT molecular complexity index is 298. The first-order chi connectivity index (χ1) is 7.88. The third kappa shape index (κ3) is 2.73. The molecule has 1 aliphatic heterocycles. The molecule has 1 aliphatic carbocycles. The van der Waals surface area contributed by atoms with Crippen LogP contribution in [0.2, 0.25) is 0 Å². The van der Waals surface area contributed by atoms with Crippen LogP contribution in [0.1, 0.15) is 46.5 Å². The second-order valence-electron chi connectivity index (χ2n) is 6.25. The number of likely N-dealkylation sites (tertiary alicyclic amines) is 1. The average Bonchev–Trinajstić information content (AvgIpc) is 2.55. The number of carbonyl (C=O) groups is 1. The molecule has 0 aromatic carbocycles. The molecule has 0 aromatic rings. The van der Waals surface area contributed by atoms with Gasteiger partial charge in [0.2, 0.25) is 0 Å². The Kier molecular flexibility index (Phi) is 3.34. The second kappa shape index (κ2) is 4.48. The molecule has 0 radical (unpaired) electrons. The molecule has 1 heterocycles. The molecule has 2 rings (SSSR count). The van der Waals surface area contributed by atoms with Gasteiger partial charge in [0.15, 0.2) is 0 Å². The van der Waals surface area contributed by atoms with Crippen LogP contribution in [0.15, 0.2) is 0 Å². The lowest BCUT2D eigenvalue weighted by atomic mass is 9.81. The number of fused-ring (bicyclic) bond motifs is 1. The van der Waals surface area contributed by atoms with Gasteiger partial charge in [-0.1, -0.05) is 12.8 Å². The fraction of sp³-hybridized carbons (Fsp3) is 0.923. The molecule has 1 saturated carbocycles. The number of hydrogen-bond donors (Lipinski definition) is 1. The van der Waals surface area contributed by atoms with Crippen LogP contribution in [0, 0.1) is 11.8 Å². The smallest absolute Gasteiger partial charge is 0.412 e. The minimum absolute atomic E-state index is 0.260. The van der Waals surface area contributed by atoms with E-state index >= 15 is 0 Å². The normalized spacial score (nSPS) is 33.4. The Hall–Kier alpha value is -0.770. The first kappa shape index (κ1) is 12.7. The SMILES string of the molecule is CC(C)(C)OC(=O)N1CC2CCCCC2C1O. The third-order valence-corrected chi connectivity index (χ3v) is 3.73. The topological polar surface area (TPSA) is 49.8 Å². The average molecular weight is 241 g/mol. The minimum Gasteiger partial charge on any atom is -0.444 e. The highest BCUT2D eigenvalue weighted by molar-refractivity contribution is 5.68. The molecular weight excluding hydrogens is 218 g/mol. The summed E-state index contributed by atoms with van der Waals surface area (Å²) in [6.45, 7) is 6.20. The van der Waals surface area contributed by atoms with E-state index in [1.807, 2.05) is 20.8 Å². The molecule has 4 nitrogen and oxygen atoms in total. The van der Waals surface area contributed by atoms with Crippen molar-refractivity contribution in [3.63, 3.8) is 0 Å². The highest BCUT2D eigenvalue weighted by atomic mass is 16.6. The van der Waals surface area contributed by atoms with E-state index in [0.717, 1.165) is 12.8 Å². The first-order valence-electron chi connectivity index (χ1n) is 6.56. The number of aliphatic hydroxyl groups is 1. The summed E-state index contributed by atoms with van der Waals surface area (Å²) < 4.78 is 5.33. The molecule has 0 aromatic heterocycles. The van der Waals surface area contributed by atoms with E-state index in [-0.39, 0.29) is 12.0 Å². The number of amides is 1. The van der Waals surface area contributed by atoms with Crippen LogP contribution < -0.4 is 0 Å². The summed E-state index contributed by atoms with van der Waals surface area (Å²) in [5.41, 5.74) is -0.495. The van der Waals surface area contributed by atoms with Crippen LogP contribution >= 0.6 is 0 Å². The molecule has 1 N–H and O–H groups in total. The molecule has 2 aliphatic rings. The zero-order valence-corrected chi connectivity index (χ0v) is 11.0. The fourth-order valence-electron chi connectivity index (χ4n) is 2.95. The maximum Gasteiger partial charge on any atom is 0.412 e. The number of ether oxygens (including phenoxy) is 1. The van der Waals surface area contributed by atoms with Crippen molar-refractivity contribution in [3.8, 4) is 0 Å². The summed E-state index contributed by atoms with van der Waals surface area (Å²) in [7, 11) is 0. The Morgan fingerprint density at radius 1 is 1.29 bits per heavy atom. The highest BCUT2D eigenvalue weighted by Crippen LogP contribution is 2.39. The van der Waals surface area contributed by atoms with Crippen molar-refractivity contribution >= 4 is 6.09 Å². The molecule has 3 atom stereocenters. The van der Waals surface area contributed by atoms with Crippen molar-refractivity contribution in [3.05, 3.63) is 0 Å². The first-order valence-corrected chi connectivity index (χ1v) is 6.56. The number of aliphatic hydroxyl groups excluding tert-OH is 1. The molecule has 98 valence electrons. The molecule has 2 fully saturated rings. The molecule has 0 bridgehead atoms. The van der Waals surface area contributed by atoms with E-state index < -0.39 is 11.8 Å². The molecule has 1 amide bonds. The van der Waals surface area contributed by atoms with E-state index in [1.54, 1.807) is 0 Å². The Morgan fingerprint density at radius 3 is 2.53 bits per heavy atom. The minimum atomic E-state index is -0.643. The Morgan fingerprint density at radius 2 is 1.94 bits per heavy atom. The zero-order valence-electron chi connectivity index (χ0n) is 11.0. The van der Waals surface area contributed by atoms with Gasteiger partial charge in [-0.25, -0.2) is 4.79 Å². The summed E-state index contributed by atoms with van der Waals surface area (Å²) in [4.78, 5) is 13.5. The number of hydrogen-bond acceptors (Lipinski definition) is 3. The molecule has 3 unspecified atom stereocenters. The van der Waals surface area contributed by atoms with Crippen LogP contribution in [0.4, 0.5) is 4.79 Å². The van der Waals surface area contributed by atoms with Gasteiger partial charge in [-0.05, 0) is 39.5 Å². The van der Waals surface area contributed by atoms with E-state index in [0.29, 0.717) is 12.5 Å². The number of rotatable bonds is 0. The van der Waals surface area contributed by atoms with Crippen LogP contribution in [-0.2, 0) is 4.74 Å². The van der Waals surface area contributed by atoms with Crippen LogP contribution in [0.25, 0.3) is 0 Å². The molecule has 0 spiro atoms. The van der Waals surface area contributed by atoms with Gasteiger partial charge in [-0.15, -0.1) is 0 Å². The summed E-state index contributed by atoms with van der Waals surface area (Å²) >= 11 is 0. The van der Waals surface area contributed by atoms with Gasteiger partial charge >= 0.3 is 6.09 Å². The molecular formula is C13H23NO3. The molecule has 17 heavy (non-hydrogen) atoms. The van der Waals surface area contributed by atoms with Gasteiger partial charge in [0.05, 0.1) is 0 Å². The largest absolute Gasteiger partial charge is 0.444 e. The van der Waals surface area contributed by atoms with Crippen molar-refractivity contribution in [2.24, 2.45) is 11.8 Å². The second-order valence-corrected chi connectivity index (χ2v) is 6.25. The van der Waals surface area contributed by atoms with Crippen LogP contribution in [-0.4, -0.2) is 34.5 Å². The lowest BCUT2D eigenvalue weighted by molar-refractivity contribution is -0.0282. The Labute approximate surface area is 103 Å². The van der Waals surface area contributed by atoms with Crippen molar-refractivity contribution in [2.45, 2.75) is 58.3 Å². The lowest BCUT2D eigenvalue weighted by Crippen LogP contribution is -2.41. The summed E-state index contributed by atoms with van der Waals surface area (Å²) in [6.07, 6.45) is 3.53. The quantitative estimate of drug-likeness (QED) is 0.708. The highest BCUT2D eigenvalue weighted by Gasteiger charge is 2.44. The predicted octanol–water partition coefficient (Wildman–Crippen LogP) is 2.36. The predicted molar refractivity (Wildman–Crippen MR) is 64.4 cm³/mol. The van der Waals surface area contributed by atoms with Gasteiger partial charge in [-0.2, -0.15) is 0 Å². The molecule has 1 saturated heterocycles. The summed E-state index contributed by atoms with van der Waals surface area (Å²) in [6, 6.07) is 0. The zero-order chi connectivity index (χ0) is 12.6. The van der Waals surface area contributed by atoms with E-state index in [1.165, 1.54) is 17.7 Å². The van der Waals surface area contributed by atoms with Gasteiger partial charge in [0.1, 0.15) is 11.8 Å².